The lowest BCUT2D eigenvalue weighted by Crippen LogP contribution is -2.55. The summed E-state index contributed by atoms with van der Waals surface area (Å²) in [4.78, 5) is 46.6. The Hall–Kier alpha value is -3.76. The Morgan fingerprint density at radius 1 is 1.16 bits per heavy atom. The smallest absolute Gasteiger partial charge is 0.259 e. The fourth-order valence-corrected chi connectivity index (χ4v) is 4.95. The van der Waals surface area contributed by atoms with Crippen molar-refractivity contribution in [2.75, 3.05) is 36.5 Å². The number of anilines is 2. The third kappa shape index (κ3) is 5.07. The van der Waals surface area contributed by atoms with Crippen molar-refractivity contribution >= 4 is 34.9 Å². The molecule has 2 aromatic carbocycles. The minimum atomic E-state index is -1.72. The van der Waals surface area contributed by atoms with Gasteiger partial charge in [0.05, 0.1) is 13.2 Å². The van der Waals surface area contributed by atoms with E-state index in [1.54, 1.807) is 42.5 Å². The third-order valence-corrected chi connectivity index (χ3v) is 7.22. The second-order valence-electron chi connectivity index (χ2n) is 9.81. The molecule has 2 atom stereocenters. The Morgan fingerprint density at radius 3 is 2.73 bits per heavy atom. The molecule has 4 N–H and O–H groups in total. The Bertz CT molecular complexity index is 1250. The van der Waals surface area contributed by atoms with Crippen LogP contribution in [-0.4, -0.2) is 72.0 Å². The van der Waals surface area contributed by atoms with Crippen molar-refractivity contribution in [3.8, 4) is 0 Å². The Morgan fingerprint density at radius 2 is 1.95 bits per heavy atom. The van der Waals surface area contributed by atoms with Crippen LogP contribution in [0.15, 0.2) is 47.5 Å². The van der Waals surface area contributed by atoms with E-state index in [-0.39, 0.29) is 19.1 Å². The number of likely N-dealkylation sites (tertiary alicyclic amines) is 1. The number of nitrogens with zero attached hydrogens (tertiary/aromatic N) is 3. The van der Waals surface area contributed by atoms with E-state index in [1.165, 1.54) is 4.90 Å². The zero-order chi connectivity index (χ0) is 26.1. The van der Waals surface area contributed by atoms with E-state index in [0.717, 1.165) is 24.0 Å². The van der Waals surface area contributed by atoms with Gasteiger partial charge in [-0.2, -0.15) is 0 Å². The van der Waals surface area contributed by atoms with Crippen LogP contribution in [0.3, 0.4) is 0 Å². The van der Waals surface area contributed by atoms with Crippen molar-refractivity contribution in [1.29, 1.82) is 0 Å². The van der Waals surface area contributed by atoms with Gasteiger partial charge in [0.1, 0.15) is 5.84 Å². The number of amidine groups is 1. The monoisotopic (exact) mass is 505 g/mol. The molecule has 3 amide bonds. The summed E-state index contributed by atoms with van der Waals surface area (Å²) in [5.41, 5.74) is 9.01. The van der Waals surface area contributed by atoms with Crippen LogP contribution in [0.4, 0.5) is 11.4 Å². The molecule has 0 bridgehead atoms. The lowest BCUT2D eigenvalue weighted by atomic mass is 9.98. The van der Waals surface area contributed by atoms with Crippen LogP contribution in [-0.2, 0) is 20.9 Å². The van der Waals surface area contributed by atoms with Gasteiger partial charge < -0.3 is 30.7 Å². The highest BCUT2D eigenvalue weighted by Gasteiger charge is 2.39. The highest BCUT2D eigenvalue weighted by molar-refractivity contribution is 6.05. The molecule has 10 nitrogen and oxygen atoms in total. The van der Waals surface area contributed by atoms with Crippen LogP contribution in [0.25, 0.3) is 0 Å². The zero-order valence-corrected chi connectivity index (χ0v) is 20.7. The van der Waals surface area contributed by atoms with Gasteiger partial charge in [-0.1, -0.05) is 13.0 Å². The number of nitrogens with two attached hydrogens (primary N) is 1. The van der Waals surface area contributed by atoms with Crippen molar-refractivity contribution in [2.24, 2.45) is 16.6 Å². The molecule has 3 heterocycles. The molecule has 3 aliphatic rings. The van der Waals surface area contributed by atoms with E-state index < -0.39 is 24.0 Å². The molecule has 0 unspecified atom stereocenters. The molecule has 0 aromatic heterocycles. The summed E-state index contributed by atoms with van der Waals surface area (Å²) in [6.07, 6.45) is -1.14. The molecule has 3 aliphatic heterocycles. The van der Waals surface area contributed by atoms with Crippen LogP contribution in [0.5, 0.6) is 0 Å². The number of fused-ring (bicyclic) bond motifs is 1. The number of carbonyl (C=O) groups excluding carboxylic acids is 3. The van der Waals surface area contributed by atoms with Crippen molar-refractivity contribution in [1.82, 2.24) is 4.90 Å². The molecule has 0 radical (unpaired) electrons. The molecule has 5 rings (SSSR count). The number of benzene rings is 2. The van der Waals surface area contributed by atoms with Gasteiger partial charge in [0, 0.05) is 42.1 Å². The van der Waals surface area contributed by atoms with Crippen molar-refractivity contribution in [3.63, 3.8) is 0 Å². The van der Waals surface area contributed by atoms with Crippen LogP contribution >= 0.6 is 0 Å². The second kappa shape index (κ2) is 10.3. The molecule has 0 saturated carbocycles. The number of ether oxygens (including phenoxy) is 1. The molecule has 10 heteroatoms. The fourth-order valence-electron chi connectivity index (χ4n) is 4.95. The SMILES string of the molecule is CC1CCN(C(=O)c2cccc(N3CCO[C@H]([C@@H](O)C(=O)Nc4ccc5c(c4)CN=C5N)C3=O)c2)CC1. The summed E-state index contributed by atoms with van der Waals surface area (Å²) in [6.45, 7) is 4.43. The Balaban J connectivity index is 1.26. The largest absolute Gasteiger partial charge is 0.383 e. The standard InChI is InChI=1S/C27H31N5O5/c1-16-7-9-31(10-8-16)26(35)17-3-2-4-20(14-17)32-11-12-37-23(27(32)36)22(33)25(34)30-19-5-6-21-18(13-19)15-29-24(21)28/h2-6,13-14,16,22-23,33H,7-12,15H2,1H3,(H2,28,29)(H,30,34)/t22-,23-/m1/s1. The van der Waals surface area contributed by atoms with E-state index in [1.807, 2.05) is 4.90 Å². The number of hydrogen-bond donors (Lipinski definition) is 3. The van der Waals surface area contributed by atoms with Crippen LogP contribution in [0.2, 0.25) is 0 Å². The number of carbonyl (C=O) groups is 3. The maximum Gasteiger partial charge on any atom is 0.259 e. The van der Waals surface area contributed by atoms with E-state index in [0.29, 0.717) is 48.3 Å². The predicted octanol–water partition coefficient (Wildman–Crippen LogP) is 1.51. The normalized spacial score (nSPS) is 20.9. The van der Waals surface area contributed by atoms with Gasteiger partial charge in [0.15, 0.2) is 12.2 Å². The number of morpholine rings is 1. The van der Waals surface area contributed by atoms with Gasteiger partial charge in [-0.15, -0.1) is 0 Å². The molecule has 2 fully saturated rings. The molecule has 0 aliphatic carbocycles. The maximum atomic E-state index is 13.3. The number of aliphatic hydroxyl groups is 1. The van der Waals surface area contributed by atoms with E-state index in [4.69, 9.17) is 10.5 Å². The third-order valence-electron chi connectivity index (χ3n) is 7.22. The topological polar surface area (TPSA) is 138 Å². The highest BCUT2D eigenvalue weighted by Crippen LogP contribution is 2.25. The maximum absolute atomic E-state index is 13.3. The summed E-state index contributed by atoms with van der Waals surface area (Å²) in [5.74, 6) is -0.300. The lowest BCUT2D eigenvalue weighted by molar-refractivity contribution is -0.150. The lowest BCUT2D eigenvalue weighted by Gasteiger charge is -2.34. The minimum Gasteiger partial charge on any atom is -0.383 e. The first-order valence-corrected chi connectivity index (χ1v) is 12.6. The molecular formula is C27H31N5O5. The van der Waals surface area contributed by atoms with E-state index in [9.17, 15) is 19.5 Å². The fraction of sp³-hybridized carbons (Fsp3) is 0.407. The van der Waals surface area contributed by atoms with Gasteiger partial charge in [0.25, 0.3) is 17.7 Å². The quantitative estimate of drug-likeness (QED) is 0.563. The molecule has 2 saturated heterocycles. The summed E-state index contributed by atoms with van der Waals surface area (Å²) in [7, 11) is 0. The van der Waals surface area contributed by atoms with Gasteiger partial charge >= 0.3 is 0 Å². The first-order chi connectivity index (χ1) is 17.8. The first kappa shape index (κ1) is 24.9. The molecular weight excluding hydrogens is 474 g/mol. The molecule has 2 aromatic rings. The summed E-state index contributed by atoms with van der Waals surface area (Å²) in [5, 5.41) is 13.4. The van der Waals surface area contributed by atoms with Crippen LogP contribution in [0, 0.1) is 5.92 Å². The predicted molar refractivity (Wildman–Crippen MR) is 138 cm³/mol. The van der Waals surface area contributed by atoms with Gasteiger partial charge in [-0.25, -0.2) is 0 Å². The van der Waals surface area contributed by atoms with Crippen LogP contribution < -0.4 is 16.0 Å². The molecule has 194 valence electrons. The number of aliphatic imine (C=N–C) groups is 1. The Kier molecular flexibility index (Phi) is 6.94. The summed E-state index contributed by atoms with van der Waals surface area (Å²) in [6, 6.07) is 12.1. The summed E-state index contributed by atoms with van der Waals surface area (Å²) < 4.78 is 5.52. The summed E-state index contributed by atoms with van der Waals surface area (Å²) >= 11 is 0. The number of amides is 3. The van der Waals surface area contributed by atoms with Gasteiger partial charge in [-0.3, -0.25) is 19.4 Å². The second-order valence-corrected chi connectivity index (χ2v) is 9.81. The highest BCUT2D eigenvalue weighted by atomic mass is 16.5. The number of nitrogens with one attached hydrogen (secondary N) is 1. The number of rotatable bonds is 5. The zero-order valence-electron chi connectivity index (χ0n) is 20.7. The average molecular weight is 506 g/mol. The molecule has 37 heavy (non-hydrogen) atoms. The van der Waals surface area contributed by atoms with E-state index in [2.05, 4.69) is 17.2 Å². The van der Waals surface area contributed by atoms with Crippen molar-refractivity contribution in [2.45, 2.75) is 38.5 Å². The van der Waals surface area contributed by atoms with Gasteiger partial charge in [-0.05, 0) is 60.7 Å². The minimum absolute atomic E-state index is 0.0630. The molecule has 0 spiro atoms. The first-order valence-electron chi connectivity index (χ1n) is 12.6. The number of hydrogen-bond acceptors (Lipinski definition) is 7. The average Bonchev–Trinajstić information content (AvgIpc) is 3.28. The van der Waals surface area contributed by atoms with Crippen molar-refractivity contribution in [3.05, 3.63) is 59.2 Å². The number of aliphatic hydroxyl groups excluding tert-OH is 1. The van der Waals surface area contributed by atoms with Crippen molar-refractivity contribution < 1.29 is 24.2 Å². The van der Waals surface area contributed by atoms with Gasteiger partial charge in [0.2, 0.25) is 0 Å². The van der Waals surface area contributed by atoms with Crippen LogP contribution in [0.1, 0.15) is 41.3 Å². The Labute approximate surface area is 215 Å². The van der Waals surface area contributed by atoms with E-state index >= 15 is 0 Å². The number of piperidine rings is 1.